The van der Waals surface area contributed by atoms with Crippen molar-refractivity contribution < 1.29 is 9.59 Å². The maximum absolute atomic E-state index is 13.1. The first kappa shape index (κ1) is 20.9. The lowest BCUT2D eigenvalue weighted by Crippen LogP contribution is -2.45. The molecule has 5 nitrogen and oxygen atoms in total. The van der Waals surface area contributed by atoms with Crippen molar-refractivity contribution in [1.29, 1.82) is 0 Å². The van der Waals surface area contributed by atoms with Gasteiger partial charge in [0.05, 0.1) is 6.54 Å². The number of rotatable bonds is 10. The Morgan fingerprint density at radius 3 is 2.43 bits per heavy atom. The van der Waals surface area contributed by atoms with Gasteiger partial charge in [-0.25, -0.2) is 0 Å². The van der Waals surface area contributed by atoms with E-state index in [1.54, 1.807) is 0 Å². The number of nitrogens with zero attached hydrogens (tertiary/aromatic N) is 3. The Morgan fingerprint density at radius 2 is 1.86 bits per heavy atom. The monoisotopic (exact) mass is 387 g/mol. The van der Waals surface area contributed by atoms with Crippen molar-refractivity contribution >= 4 is 11.8 Å². The molecule has 1 aromatic rings. The highest BCUT2D eigenvalue weighted by Crippen LogP contribution is 2.31. The van der Waals surface area contributed by atoms with Crippen molar-refractivity contribution in [1.82, 2.24) is 14.4 Å². The average Bonchev–Trinajstić information content (AvgIpc) is 3.20. The Kier molecular flexibility index (Phi) is 7.19. The lowest BCUT2D eigenvalue weighted by molar-refractivity contribution is -0.142. The molecule has 2 fully saturated rings. The first-order valence-corrected chi connectivity index (χ1v) is 11.1. The van der Waals surface area contributed by atoms with Crippen LogP contribution in [-0.4, -0.2) is 45.3 Å². The molecule has 2 aliphatic carbocycles. The van der Waals surface area contributed by atoms with Gasteiger partial charge in [0.15, 0.2) is 0 Å². The molecule has 28 heavy (non-hydrogen) atoms. The van der Waals surface area contributed by atoms with Gasteiger partial charge in [0.2, 0.25) is 11.8 Å². The molecule has 156 valence electrons. The number of carbonyl (C=O) groups is 2. The number of carbonyl (C=O) groups excluding carboxylic acids is 2. The fraction of sp³-hybridized carbons (Fsp3) is 0.739. The van der Waals surface area contributed by atoms with Crippen LogP contribution in [0.2, 0.25) is 0 Å². The lowest BCUT2D eigenvalue weighted by atomic mass is 10.0. The molecular weight excluding hydrogens is 350 g/mol. The van der Waals surface area contributed by atoms with E-state index >= 15 is 0 Å². The zero-order chi connectivity index (χ0) is 20.1. The second-order valence-electron chi connectivity index (χ2n) is 9.22. The fourth-order valence-electron chi connectivity index (χ4n) is 4.37. The van der Waals surface area contributed by atoms with Gasteiger partial charge in [-0.15, -0.1) is 0 Å². The summed E-state index contributed by atoms with van der Waals surface area (Å²) in [4.78, 5) is 29.8. The van der Waals surface area contributed by atoms with Gasteiger partial charge in [0.25, 0.3) is 0 Å². The van der Waals surface area contributed by atoms with E-state index in [2.05, 4.69) is 24.5 Å². The molecular formula is C23H37N3O2. The molecule has 0 unspecified atom stereocenters. The largest absolute Gasteiger partial charge is 0.353 e. The van der Waals surface area contributed by atoms with Gasteiger partial charge in [-0.3, -0.25) is 9.59 Å². The van der Waals surface area contributed by atoms with Gasteiger partial charge in [-0.2, -0.15) is 0 Å². The van der Waals surface area contributed by atoms with Crippen LogP contribution in [0, 0.1) is 11.8 Å². The van der Waals surface area contributed by atoms with E-state index < -0.39 is 0 Å². The van der Waals surface area contributed by atoms with E-state index in [0.29, 0.717) is 18.9 Å². The predicted molar refractivity (Wildman–Crippen MR) is 112 cm³/mol. The summed E-state index contributed by atoms with van der Waals surface area (Å²) in [5.41, 5.74) is 1.12. The Balaban J connectivity index is 1.59. The van der Waals surface area contributed by atoms with Crippen molar-refractivity contribution in [2.75, 3.05) is 13.1 Å². The third-order valence-electron chi connectivity index (χ3n) is 6.20. The van der Waals surface area contributed by atoms with Crippen LogP contribution in [0.1, 0.15) is 70.9 Å². The predicted octanol–water partition coefficient (Wildman–Crippen LogP) is 3.97. The molecule has 0 N–H and O–H groups in total. The molecule has 0 radical (unpaired) electrons. The van der Waals surface area contributed by atoms with Crippen LogP contribution in [-0.2, 0) is 23.2 Å². The maximum Gasteiger partial charge on any atom is 0.242 e. The van der Waals surface area contributed by atoms with E-state index in [4.69, 9.17) is 0 Å². The smallest absolute Gasteiger partial charge is 0.242 e. The normalized spacial score (nSPS) is 17.3. The Hall–Kier alpha value is -1.78. The SMILES string of the molecule is CC(C)CN(Cc1cccn1C)C(=O)CN(C(=O)CCC1CCCC1)C1CC1. The van der Waals surface area contributed by atoms with Gasteiger partial charge in [0.1, 0.15) is 6.54 Å². The van der Waals surface area contributed by atoms with Crippen molar-refractivity contribution in [3.05, 3.63) is 24.0 Å². The highest BCUT2D eigenvalue weighted by molar-refractivity contribution is 5.85. The van der Waals surface area contributed by atoms with Crippen LogP contribution >= 0.6 is 0 Å². The van der Waals surface area contributed by atoms with Gasteiger partial charge in [-0.05, 0) is 43.2 Å². The zero-order valence-electron chi connectivity index (χ0n) is 17.9. The second-order valence-corrected chi connectivity index (χ2v) is 9.22. The summed E-state index contributed by atoms with van der Waals surface area (Å²) in [5, 5.41) is 0. The molecule has 2 aliphatic rings. The minimum absolute atomic E-state index is 0.0796. The molecule has 0 bridgehead atoms. The summed E-state index contributed by atoms with van der Waals surface area (Å²) in [6, 6.07) is 4.36. The molecule has 0 aliphatic heterocycles. The summed E-state index contributed by atoms with van der Waals surface area (Å²) >= 11 is 0. The highest BCUT2D eigenvalue weighted by atomic mass is 16.2. The van der Waals surface area contributed by atoms with Gasteiger partial charge in [0, 0.05) is 37.9 Å². The maximum atomic E-state index is 13.1. The number of aryl methyl sites for hydroxylation is 1. The number of hydrogen-bond donors (Lipinski definition) is 0. The van der Waals surface area contributed by atoms with E-state index in [0.717, 1.165) is 37.4 Å². The van der Waals surface area contributed by atoms with Gasteiger partial charge < -0.3 is 14.4 Å². The summed E-state index contributed by atoms with van der Waals surface area (Å²) in [7, 11) is 2.01. The second kappa shape index (κ2) is 9.62. The zero-order valence-corrected chi connectivity index (χ0v) is 17.9. The molecule has 0 aromatic carbocycles. The first-order valence-electron chi connectivity index (χ1n) is 11.1. The van der Waals surface area contributed by atoms with Crippen LogP contribution in [0.5, 0.6) is 0 Å². The minimum Gasteiger partial charge on any atom is -0.353 e. The topological polar surface area (TPSA) is 45.6 Å². The minimum atomic E-state index is 0.0796. The van der Waals surface area contributed by atoms with Crippen molar-refractivity contribution in [3.8, 4) is 0 Å². The van der Waals surface area contributed by atoms with Crippen LogP contribution in [0.15, 0.2) is 18.3 Å². The average molecular weight is 388 g/mol. The number of amides is 2. The van der Waals surface area contributed by atoms with E-state index in [1.165, 1.54) is 25.7 Å². The van der Waals surface area contributed by atoms with E-state index in [-0.39, 0.29) is 24.4 Å². The van der Waals surface area contributed by atoms with Crippen LogP contribution < -0.4 is 0 Å². The molecule has 2 saturated carbocycles. The molecule has 2 amide bonds. The molecule has 0 spiro atoms. The molecule has 3 rings (SSSR count). The van der Waals surface area contributed by atoms with Crippen molar-refractivity contribution in [2.45, 2.75) is 77.8 Å². The van der Waals surface area contributed by atoms with Gasteiger partial charge >= 0.3 is 0 Å². The third kappa shape index (κ3) is 5.86. The van der Waals surface area contributed by atoms with Crippen molar-refractivity contribution in [2.24, 2.45) is 18.9 Å². The number of aromatic nitrogens is 1. The molecule has 5 heteroatoms. The molecule has 1 aromatic heterocycles. The first-order chi connectivity index (χ1) is 13.4. The quantitative estimate of drug-likeness (QED) is 0.610. The summed E-state index contributed by atoms with van der Waals surface area (Å²) in [6.07, 6.45) is 10.9. The van der Waals surface area contributed by atoms with Gasteiger partial charge in [-0.1, -0.05) is 39.5 Å². The summed E-state index contributed by atoms with van der Waals surface area (Å²) in [5.74, 6) is 1.38. The molecule has 1 heterocycles. The Bertz CT molecular complexity index is 657. The van der Waals surface area contributed by atoms with Crippen LogP contribution in [0.4, 0.5) is 0 Å². The van der Waals surface area contributed by atoms with Crippen LogP contribution in [0.25, 0.3) is 0 Å². The number of hydrogen-bond acceptors (Lipinski definition) is 2. The summed E-state index contributed by atoms with van der Waals surface area (Å²) < 4.78 is 2.06. The highest BCUT2D eigenvalue weighted by Gasteiger charge is 2.35. The summed E-state index contributed by atoms with van der Waals surface area (Å²) in [6.45, 7) is 5.84. The Labute approximate surface area is 170 Å². The van der Waals surface area contributed by atoms with E-state index in [1.807, 2.05) is 29.1 Å². The third-order valence-corrected chi connectivity index (χ3v) is 6.20. The standard InChI is InChI=1S/C23H37N3O2/c1-18(2)15-25(16-21-9-6-14-24(21)3)23(28)17-26(20-11-12-20)22(27)13-10-19-7-4-5-8-19/h6,9,14,18-20H,4-5,7-8,10-13,15-17H2,1-3H3. The Morgan fingerprint density at radius 1 is 1.14 bits per heavy atom. The molecule has 0 saturated heterocycles. The van der Waals surface area contributed by atoms with Crippen molar-refractivity contribution in [3.63, 3.8) is 0 Å². The van der Waals surface area contributed by atoms with Crippen LogP contribution in [0.3, 0.4) is 0 Å². The fourth-order valence-corrected chi connectivity index (χ4v) is 4.37. The van der Waals surface area contributed by atoms with E-state index in [9.17, 15) is 9.59 Å². The molecule has 0 atom stereocenters. The lowest BCUT2D eigenvalue weighted by Gasteiger charge is -2.29.